The number of amidine groups is 1. The number of hydrogen-bond donors (Lipinski definition) is 12. The van der Waals surface area contributed by atoms with Gasteiger partial charge in [0.05, 0.1) is 37.4 Å². The van der Waals surface area contributed by atoms with Crippen molar-refractivity contribution in [2.24, 2.45) is 33.7 Å². The molecule has 0 aromatic rings. The van der Waals surface area contributed by atoms with Crippen LogP contribution in [0.5, 0.6) is 0 Å². The molecule has 2 heterocycles. The molecule has 17 N–H and O–H groups in total. The van der Waals surface area contributed by atoms with E-state index in [2.05, 4.69) is 15.6 Å². The Balaban J connectivity index is 1.83. The molecule has 0 spiro atoms. The number of nitrogens with zero attached hydrogens (tertiary/aromatic N) is 1. The lowest BCUT2D eigenvalue weighted by atomic mass is 9.83. The molecular weight excluding hydrogens is 572 g/mol. The minimum Gasteiger partial charge on any atom is -0.388 e. The van der Waals surface area contributed by atoms with Gasteiger partial charge in [0.15, 0.2) is 18.2 Å². The second-order valence-electron chi connectivity index (χ2n) is 11.8. The Morgan fingerprint density at radius 2 is 1.74 bits per heavy atom. The molecule has 12 atom stereocenters. The lowest BCUT2D eigenvalue weighted by molar-refractivity contribution is -0.307. The number of nitrogens with one attached hydrogen (secondary N) is 2. The van der Waals surface area contributed by atoms with Crippen LogP contribution in [-0.2, 0) is 23.7 Å². The number of ether oxygens (including phenoxy) is 4. The Labute approximate surface area is 250 Å². The lowest BCUT2D eigenvalue weighted by Gasteiger charge is -2.49. The SMILES string of the molecule is CN[C@@H]1[C@@H](O)[C@@H](O[C@@H]2[C@@H](O)[C@H](O[C@H]3O[C@H](CN=C(N)CO)CC[C@H]3N)[C@@H](N)C[C@H]2NC(=O)C(O)(CN)CN)OC[C@]1(C)O. The molecule has 1 aliphatic carbocycles. The predicted octanol–water partition coefficient (Wildman–Crippen LogP) is -6.78. The Hall–Kier alpha value is -1.62. The number of amides is 1. The van der Waals surface area contributed by atoms with Crippen molar-refractivity contribution in [3.05, 3.63) is 0 Å². The number of carbonyl (C=O) groups excluding carboxylic acids is 1. The third kappa shape index (κ3) is 8.35. The Morgan fingerprint density at radius 1 is 1.09 bits per heavy atom. The highest BCUT2D eigenvalue weighted by atomic mass is 16.7. The van der Waals surface area contributed by atoms with Crippen molar-refractivity contribution in [1.29, 1.82) is 0 Å². The van der Waals surface area contributed by atoms with Crippen LogP contribution >= 0.6 is 0 Å². The summed E-state index contributed by atoms with van der Waals surface area (Å²) in [4.78, 5) is 17.0. The van der Waals surface area contributed by atoms with Gasteiger partial charge in [0, 0.05) is 19.1 Å². The van der Waals surface area contributed by atoms with Crippen LogP contribution in [0.25, 0.3) is 0 Å². The summed E-state index contributed by atoms with van der Waals surface area (Å²) in [5.41, 5.74) is 25.9. The molecule has 43 heavy (non-hydrogen) atoms. The fourth-order valence-corrected chi connectivity index (χ4v) is 5.59. The minimum atomic E-state index is -2.09. The first-order valence-electron chi connectivity index (χ1n) is 14.4. The highest BCUT2D eigenvalue weighted by molar-refractivity contribution is 5.85. The third-order valence-corrected chi connectivity index (χ3v) is 8.31. The van der Waals surface area contributed by atoms with Crippen molar-refractivity contribution in [3.8, 4) is 0 Å². The number of hydrogen-bond acceptors (Lipinski definition) is 16. The highest BCUT2D eigenvalue weighted by Crippen LogP contribution is 2.32. The maximum Gasteiger partial charge on any atom is 0.254 e. The molecule has 2 saturated heterocycles. The smallest absolute Gasteiger partial charge is 0.254 e. The molecule has 3 aliphatic rings. The Morgan fingerprint density at radius 3 is 2.35 bits per heavy atom. The number of likely N-dealkylation sites (N-methyl/N-ethyl adjacent to an activating group) is 1. The van der Waals surface area contributed by atoms with E-state index >= 15 is 0 Å². The first-order chi connectivity index (χ1) is 20.2. The maximum atomic E-state index is 13.0. The highest BCUT2D eigenvalue weighted by Gasteiger charge is 2.52. The van der Waals surface area contributed by atoms with E-state index in [4.69, 9.17) is 52.7 Å². The number of nitrogens with two attached hydrogens (primary N) is 5. The summed E-state index contributed by atoms with van der Waals surface area (Å²) in [5.74, 6) is -0.849. The van der Waals surface area contributed by atoms with Crippen LogP contribution in [0.4, 0.5) is 0 Å². The lowest BCUT2D eigenvalue weighted by Crippen LogP contribution is -2.70. The van der Waals surface area contributed by atoms with Gasteiger partial charge >= 0.3 is 0 Å². The minimum absolute atomic E-state index is 0.0118. The zero-order chi connectivity index (χ0) is 32.1. The molecule has 0 radical (unpaired) electrons. The van der Waals surface area contributed by atoms with Crippen molar-refractivity contribution in [2.75, 3.05) is 39.9 Å². The molecule has 0 aromatic carbocycles. The first kappa shape index (κ1) is 35.9. The number of aliphatic hydroxyl groups is 5. The number of aliphatic imine (C=N–C) groups is 1. The number of carbonyl (C=O) groups is 1. The first-order valence-corrected chi connectivity index (χ1v) is 14.4. The average Bonchev–Trinajstić information content (AvgIpc) is 2.97. The Kier molecular flexibility index (Phi) is 12.6. The molecule has 0 aromatic heterocycles. The van der Waals surface area contributed by atoms with Gasteiger partial charge in [-0.05, 0) is 33.2 Å². The fourth-order valence-electron chi connectivity index (χ4n) is 5.59. The summed E-state index contributed by atoms with van der Waals surface area (Å²) in [6.07, 6.45) is -7.04. The van der Waals surface area contributed by atoms with Crippen molar-refractivity contribution in [2.45, 2.75) is 105 Å². The second kappa shape index (κ2) is 15.1. The number of rotatable bonds is 12. The van der Waals surface area contributed by atoms with E-state index in [1.807, 2.05) is 0 Å². The fraction of sp³-hybridized carbons (Fsp3) is 0.920. The van der Waals surface area contributed by atoms with Crippen LogP contribution in [0.3, 0.4) is 0 Å². The average molecular weight is 623 g/mol. The van der Waals surface area contributed by atoms with Gasteiger partial charge in [-0.25, -0.2) is 0 Å². The molecule has 3 fully saturated rings. The molecule has 18 heteroatoms. The molecule has 2 aliphatic heterocycles. The molecular formula is C25H50N8O10. The van der Waals surface area contributed by atoms with E-state index in [-0.39, 0.29) is 25.4 Å². The van der Waals surface area contributed by atoms with Crippen LogP contribution in [0, 0.1) is 0 Å². The Bertz CT molecular complexity index is 944. The summed E-state index contributed by atoms with van der Waals surface area (Å²) in [6.45, 7) is 0.104. The standard InChI is InChI=1S/C25H50N8O10/c1-24(38)10-40-22(17(36)20(24)31-2)43-19-14(33-23(37)25(39,8-26)9-27)5-13(29)18(16(19)35)42-21-12(28)4-3-11(41-21)6-32-15(30)7-34/h11-14,16-22,31,34-36,38-39H,3-10,26-29H2,1-2H3,(H2,30,32)(H,33,37)/t11-,12+,13-,14+,16-,17+,18+,19-,20+,21+,22+,24-/m0/s1. The molecule has 18 nitrogen and oxygen atoms in total. The van der Waals surface area contributed by atoms with Gasteiger partial charge in [0.1, 0.15) is 42.5 Å². The van der Waals surface area contributed by atoms with E-state index in [0.29, 0.717) is 12.8 Å². The number of aliphatic hydroxyl groups excluding tert-OH is 3. The maximum absolute atomic E-state index is 13.0. The van der Waals surface area contributed by atoms with E-state index in [1.165, 1.54) is 6.92 Å². The van der Waals surface area contributed by atoms with Gasteiger partial charge in [-0.15, -0.1) is 0 Å². The quantitative estimate of drug-likeness (QED) is 0.0710. The topological polar surface area (TPSA) is 322 Å². The van der Waals surface area contributed by atoms with Crippen LogP contribution in [0.1, 0.15) is 26.2 Å². The summed E-state index contributed by atoms with van der Waals surface area (Å²) in [6, 6.07) is -3.33. The zero-order valence-electron chi connectivity index (χ0n) is 24.6. The van der Waals surface area contributed by atoms with Crippen LogP contribution in [-0.4, -0.2) is 156 Å². The molecule has 0 bridgehead atoms. The summed E-state index contributed by atoms with van der Waals surface area (Å²) in [7, 11) is 1.55. The molecule has 1 amide bonds. The summed E-state index contributed by atoms with van der Waals surface area (Å²) in [5, 5.41) is 58.3. The molecule has 0 unspecified atom stereocenters. The van der Waals surface area contributed by atoms with Gasteiger partial charge in [-0.2, -0.15) is 0 Å². The van der Waals surface area contributed by atoms with Gasteiger partial charge in [0.25, 0.3) is 5.91 Å². The zero-order valence-corrected chi connectivity index (χ0v) is 24.6. The van der Waals surface area contributed by atoms with Crippen LogP contribution in [0.15, 0.2) is 4.99 Å². The van der Waals surface area contributed by atoms with Crippen molar-refractivity contribution in [1.82, 2.24) is 10.6 Å². The van der Waals surface area contributed by atoms with Gasteiger partial charge in [0.2, 0.25) is 0 Å². The van der Waals surface area contributed by atoms with Crippen molar-refractivity contribution < 1.29 is 49.3 Å². The van der Waals surface area contributed by atoms with Crippen molar-refractivity contribution >= 4 is 11.7 Å². The van der Waals surface area contributed by atoms with E-state index in [9.17, 15) is 25.2 Å². The van der Waals surface area contributed by atoms with E-state index in [0.717, 1.165) is 0 Å². The van der Waals surface area contributed by atoms with Crippen molar-refractivity contribution in [3.63, 3.8) is 0 Å². The molecule has 3 rings (SSSR count). The second-order valence-corrected chi connectivity index (χ2v) is 11.8. The van der Waals surface area contributed by atoms with Gasteiger partial charge in [-0.3, -0.25) is 9.79 Å². The summed E-state index contributed by atoms with van der Waals surface area (Å²) >= 11 is 0. The largest absolute Gasteiger partial charge is 0.388 e. The van der Waals surface area contributed by atoms with Crippen LogP contribution < -0.4 is 39.3 Å². The normalized spacial score (nSPS) is 41.2. The molecule has 250 valence electrons. The van der Waals surface area contributed by atoms with E-state index < -0.39 is 104 Å². The monoisotopic (exact) mass is 622 g/mol. The van der Waals surface area contributed by atoms with Crippen LogP contribution in [0.2, 0.25) is 0 Å². The molecule has 1 saturated carbocycles. The van der Waals surface area contributed by atoms with E-state index in [1.54, 1.807) is 7.05 Å². The third-order valence-electron chi connectivity index (χ3n) is 8.31. The summed E-state index contributed by atoms with van der Waals surface area (Å²) < 4.78 is 23.8. The predicted molar refractivity (Wildman–Crippen MR) is 152 cm³/mol. The van der Waals surface area contributed by atoms with Gasteiger partial charge < -0.3 is 83.8 Å². The van der Waals surface area contributed by atoms with Gasteiger partial charge in [-0.1, -0.05) is 0 Å².